The molecule has 0 radical (unpaired) electrons. The normalized spacial score (nSPS) is 10.9. The first-order valence-corrected chi connectivity index (χ1v) is 10.8. The van der Waals surface area contributed by atoms with Gasteiger partial charge in [0.05, 0.1) is 18.3 Å². The van der Waals surface area contributed by atoms with Gasteiger partial charge in [-0.2, -0.15) is 14.8 Å². The van der Waals surface area contributed by atoms with Crippen LogP contribution in [0.15, 0.2) is 92.1 Å². The van der Waals surface area contributed by atoms with Crippen LogP contribution < -0.4 is 10.6 Å². The number of hydrogen-bond acceptors (Lipinski definition) is 5. The van der Waals surface area contributed by atoms with Crippen molar-refractivity contribution in [2.24, 2.45) is 0 Å². The molecule has 4 heterocycles. The van der Waals surface area contributed by atoms with Crippen LogP contribution in [0.25, 0.3) is 27.7 Å². The molecule has 0 atom stereocenters. The van der Waals surface area contributed by atoms with Gasteiger partial charge in [0.15, 0.2) is 0 Å². The smallest absolute Gasteiger partial charge is 0.251 e. The maximum atomic E-state index is 12.8. The van der Waals surface area contributed by atoms with Gasteiger partial charge in [0.2, 0.25) is 0 Å². The summed E-state index contributed by atoms with van der Waals surface area (Å²) < 4.78 is 1.60. The second-order valence-electron chi connectivity index (χ2n) is 7.84. The molecule has 4 aromatic heterocycles. The number of benzene rings is 1. The van der Waals surface area contributed by atoms with Gasteiger partial charge >= 0.3 is 0 Å². The number of allylic oxidation sites excluding steroid dienone is 1. The molecular formula is C26H23N7O. The first-order chi connectivity index (χ1) is 16.6. The van der Waals surface area contributed by atoms with E-state index in [1.807, 2.05) is 42.5 Å². The summed E-state index contributed by atoms with van der Waals surface area (Å²) in [5, 5.41) is 15.7. The fourth-order valence-corrected chi connectivity index (χ4v) is 3.84. The summed E-state index contributed by atoms with van der Waals surface area (Å²) in [6.45, 7) is 8.44. The number of H-pyrrole nitrogens is 1. The van der Waals surface area contributed by atoms with E-state index in [0.717, 1.165) is 44.6 Å². The lowest BCUT2D eigenvalue weighted by Gasteiger charge is -2.08. The van der Waals surface area contributed by atoms with Crippen LogP contribution in [-0.4, -0.2) is 30.7 Å². The van der Waals surface area contributed by atoms with Gasteiger partial charge < -0.3 is 15.6 Å². The molecule has 5 rings (SSSR count). The lowest BCUT2D eigenvalue weighted by atomic mass is 10.1. The second-order valence-corrected chi connectivity index (χ2v) is 7.84. The van der Waals surface area contributed by atoms with Crippen LogP contribution in [0, 0.1) is 0 Å². The SMILES string of the molecule is C=CC(=C)NCc1cccc(C(=O)NCc2cc3c(-c4cnn5ncccc45)ccnc3[nH]2)c1. The maximum Gasteiger partial charge on any atom is 0.251 e. The molecule has 0 fully saturated rings. The fraction of sp³-hybridized carbons (Fsp3) is 0.0769. The van der Waals surface area contributed by atoms with Crippen molar-refractivity contribution < 1.29 is 4.79 Å². The Hall–Kier alpha value is -4.72. The van der Waals surface area contributed by atoms with Gasteiger partial charge in [-0.05, 0) is 53.6 Å². The number of hydrogen-bond donors (Lipinski definition) is 3. The van der Waals surface area contributed by atoms with Crippen LogP contribution in [0.2, 0.25) is 0 Å². The minimum Gasteiger partial charge on any atom is -0.381 e. The van der Waals surface area contributed by atoms with Crippen LogP contribution in [0.3, 0.4) is 0 Å². The molecule has 0 bridgehead atoms. The number of nitrogens with one attached hydrogen (secondary N) is 3. The molecule has 0 saturated carbocycles. The Balaban J connectivity index is 1.33. The predicted molar refractivity (Wildman–Crippen MR) is 132 cm³/mol. The van der Waals surface area contributed by atoms with Gasteiger partial charge in [-0.25, -0.2) is 4.98 Å². The standard InChI is InChI=1S/C26H23N7O/c1-3-17(2)28-14-18-6-4-7-19(12-18)26(34)29-15-20-13-22-21(9-11-27-25(22)32-20)23-16-31-33-24(23)8-5-10-30-33/h3-13,16,28H,1-2,14-15H2,(H,27,32)(H,29,34). The van der Waals surface area contributed by atoms with E-state index in [-0.39, 0.29) is 5.91 Å². The van der Waals surface area contributed by atoms with Crippen molar-refractivity contribution in [3.63, 3.8) is 0 Å². The van der Waals surface area contributed by atoms with Crippen LogP contribution in [0.5, 0.6) is 0 Å². The molecule has 168 valence electrons. The molecular weight excluding hydrogens is 426 g/mol. The highest BCUT2D eigenvalue weighted by Crippen LogP contribution is 2.30. The fourth-order valence-electron chi connectivity index (χ4n) is 3.84. The van der Waals surface area contributed by atoms with Crippen molar-refractivity contribution in [3.8, 4) is 11.1 Å². The zero-order valence-electron chi connectivity index (χ0n) is 18.5. The maximum absolute atomic E-state index is 12.8. The number of fused-ring (bicyclic) bond motifs is 2. The third-order valence-electron chi connectivity index (χ3n) is 5.58. The van der Waals surface area contributed by atoms with E-state index in [1.165, 1.54) is 0 Å². The topological polar surface area (TPSA) is 100 Å². The highest BCUT2D eigenvalue weighted by molar-refractivity contribution is 5.98. The van der Waals surface area contributed by atoms with E-state index in [1.54, 1.807) is 35.4 Å². The molecule has 8 nitrogen and oxygen atoms in total. The van der Waals surface area contributed by atoms with Gasteiger partial charge in [-0.1, -0.05) is 25.3 Å². The number of pyridine rings is 1. The summed E-state index contributed by atoms with van der Waals surface area (Å²) in [6.07, 6.45) is 6.92. The van der Waals surface area contributed by atoms with E-state index in [4.69, 9.17) is 0 Å². The lowest BCUT2D eigenvalue weighted by Crippen LogP contribution is -2.23. The molecule has 0 aliphatic carbocycles. The van der Waals surface area contributed by atoms with Gasteiger partial charge in [0, 0.05) is 46.8 Å². The first-order valence-electron chi connectivity index (χ1n) is 10.8. The number of carbonyl (C=O) groups is 1. The van der Waals surface area contributed by atoms with Crippen LogP contribution >= 0.6 is 0 Å². The summed E-state index contributed by atoms with van der Waals surface area (Å²) in [5.74, 6) is -0.148. The van der Waals surface area contributed by atoms with E-state index >= 15 is 0 Å². The average Bonchev–Trinajstić information content (AvgIpc) is 3.50. The summed E-state index contributed by atoms with van der Waals surface area (Å²) in [5.41, 5.74) is 6.82. The molecule has 3 N–H and O–H groups in total. The average molecular weight is 450 g/mol. The molecule has 34 heavy (non-hydrogen) atoms. The second kappa shape index (κ2) is 9.03. The number of carbonyl (C=O) groups excluding carboxylic acids is 1. The predicted octanol–water partition coefficient (Wildman–Crippen LogP) is 3.99. The summed E-state index contributed by atoms with van der Waals surface area (Å²) in [6, 6.07) is 15.3. The Labute approximate surface area is 196 Å². The third-order valence-corrected chi connectivity index (χ3v) is 5.58. The zero-order chi connectivity index (χ0) is 23.5. The number of rotatable bonds is 8. The molecule has 0 aliphatic heterocycles. The van der Waals surface area contributed by atoms with E-state index in [9.17, 15) is 4.79 Å². The molecule has 8 heteroatoms. The first kappa shape index (κ1) is 21.1. The molecule has 5 aromatic rings. The van der Waals surface area contributed by atoms with Gasteiger partial charge in [0.1, 0.15) is 5.65 Å². The zero-order valence-corrected chi connectivity index (χ0v) is 18.5. The van der Waals surface area contributed by atoms with Crippen LogP contribution in [0.1, 0.15) is 21.6 Å². The molecule has 1 aromatic carbocycles. The monoisotopic (exact) mass is 449 g/mol. The number of aromatic nitrogens is 5. The summed E-state index contributed by atoms with van der Waals surface area (Å²) >= 11 is 0. The third kappa shape index (κ3) is 4.16. The minimum absolute atomic E-state index is 0.148. The van der Waals surface area contributed by atoms with Crippen LogP contribution in [0.4, 0.5) is 0 Å². The van der Waals surface area contributed by atoms with E-state index in [2.05, 4.69) is 44.0 Å². The molecule has 1 amide bonds. The van der Waals surface area contributed by atoms with E-state index in [0.29, 0.717) is 18.7 Å². The Bertz CT molecular complexity index is 1530. The van der Waals surface area contributed by atoms with Crippen molar-refractivity contribution in [1.82, 2.24) is 35.4 Å². The van der Waals surface area contributed by atoms with Crippen molar-refractivity contribution in [1.29, 1.82) is 0 Å². The Morgan fingerprint density at radius 3 is 2.82 bits per heavy atom. The molecule has 0 spiro atoms. The number of nitrogens with zero attached hydrogens (tertiary/aromatic N) is 4. The Morgan fingerprint density at radius 1 is 1.03 bits per heavy atom. The van der Waals surface area contributed by atoms with Gasteiger partial charge in [-0.3, -0.25) is 4.79 Å². The van der Waals surface area contributed by atoms with Gasteiger partial charge in [0.25, 0.3) is 5.91 Å². The quantitative estimate of drug-likeness (QED) is 0.311. The van der Waals surface area contributed by atoms with E-state index < -0.39 is 0 Å². The van der Waals surface area contributed by atoms with Crippen molar-refractivity contribution in [3.05, 3.63) is 109 Å². The highest BCUT2D eigenvalue weighted by atomic mass is 16.1. The molecule has 0 aliphatic rings. The minimum atomic E-state index is -0.148. The van der Waals surface area contributed by atoms with Crippen molar-refractivity contribution in [2.75, 3.05) is 0 Å². The van der Waals surface area contributed by atoms with Crippen LogP contribution in [-0.2, 0) is 13.1 Å². The van der Waals surface area contributed by atoms with Crippen molar-refractivity contribution in [2.45, 2.75) is 13.1 Å². The number of aromatic amines is 1. The Kier molecular flexibility index (Phi) is 5.61. The molecule has 0 saturated heterocycles. The van der Waals surface area contributed by atoms with Gasteiger partial charge in [-0.15, -0.1) is 0 Å². The van der Waals surface area contributed by atoms with Crippen molar-refractivity contribution >= 4 is 22.5 Å². The Morgan fingerprint density at radius 2 is 1.94 bits per heavy atom. The summed E-state index contributed by atoms with van der Waals surface area (Å²) in [4.78, 5) is 20.5. The molecule has 0 unspecified atom stereocenters. The largest absolute Gasteiger partial charge is 0.381 e. The number of amides is 1. The summed E-state index contributed by atoms with van der Waals surface area (Å²) in [7, 11) is 0. The highest BCUT2D eigenvalue weighted by Gasteiger charge is 2.14. The lowest BCUT2D eigenvalue weighted by molar-refractivity contribution is 0.0950.